The largest absolute Gasteiger partial charge is 0.497 e. The van der Waals surface area contributed by atoms with E-state index in [2.05, 4.69) is 12.2 Å². The third kappa shape index (κ3) is 8.50. The summed E-state index contributed by atoms with van der Waals surface area (Å²) in [6.07, 6.45) is 4.61. The maximum absolute atomic E-state index is 13.5. The van der Waals surface area contributed by atoms with Crippen molar-refractivity contribution in [3.63, 3.8) is 0 Å². The van der Waals surface area contributed by atoms with Crippen molar-refractivity contribution >= 4 is 51.7 Å². The third-order valence-corrected chi connectivity index (χ3v) is 7.77. The molecule has 210 valence electrons. The van der Waals surface area contributed by atoms with Crippen LogP contribution < -0.4 is 14.8 Å². The van der Waals surface area contributed by atoms with Gasteiger partial charge >= 0.3 is 0 Å². The van der Waals surface area contributed by atoms with Gasteiger partial charge in [0, 0.05) is 17.1 Å². The first-order chi connectivity index (χ1) is 19.4. The van der Waals surface area contributed by atoms with Gasteiger partial charge in [-0.05, 0) is 72.6 Å². The number of hydrogen-bond donors (Lipinski definition) is 1. The summed E-state index contributed by atoms with van der Waals surface area (Å²) in [4.78, 5) is 32.7. The molecule has 0 spiro atoms. The molecule has 1 unspecified atom stereocenters. The molecule has 0 radical (unpaired) electrons. The Morgan fingerprint density at radius 2 is 1.68 bits per heavy atom. The SMILES string of the molecule is CCCCCCOc1ccc(NC(=O)CC2SC(=Nc3ccc(Cl)cc3)N(Cc3ccc(OC)cc3)C2=O)cc1. The highest BCUT2D eigenvalue weighted by atomic mass is 35.5. The van der Waals surface area contributed by atoms with E-state index in [1.807, 2.05) is 48.5 Å². The highest BCUT2D eigenvalue weighted by Gasteiger charge is 2.39. The fourth-order valence-corrected chi connectivity index (χ4v) is 5.43. The molecule has 1 N–H and O–H groups in total. The summed E-state index contributed by atoms with van der Waals surface area (Å²) in [5.74, 6) is 1.11. The number of amides is 2. The summed E-state index contributed by atoms with van der Waals surface area (Å²) in [6, 6.07) is 21.9. The van der Waals surface area contributed by atoms with Crippen LogP contribution in [-0.2, 0) is 16.1 Å². The van der Waals surface area contributed by atoms with Crippen LogP contribution >= 0.6 is 23.4 Å². The first-order valence-corrected chi connectivity index (χ1v) is 14.7. The number of methoxy groups -OCH3 is 1. The van der Waals surface area contributed by atoms with Gasteiger partial charge in [0.1, 0.15) is 16.7 Å². The molecule has 7 nitrogen and oxygen atoms in total. The number of nitrogens with zero attached hydrogens (tertiary/aromatic N) is 2. The van der Waals surface area contributed by atoms with Crippen LogP contribution in [-0.4, -0.2) is 40.8 Å². The second-order valence-corrected chi connectivity index (χ2v) is 11.0. The zero-order valence-corrected chi connectivity index (χ0v) is 24.3. The van der Waals surface area contributed by atoms with E-state index in [0.29, 0.717) is 34.7 Å². The topological polar surface area (TPSA) is 80.2 Å². The number of thioether (sulfide) groups is 1. The van der Waals surface area contributed by atoms with Crippen LogP contribution in [0.2, 0.25) is 5.02 Å². The zero-order chi connectivity index (χ0) is 28.3. The normalized spacial score (nSPS) is 15.9. The zero-order valence-electron chi connectivity index (χ0n) is 22.8. The summed E-state index contributed by atoms with van der Waals surface area (Å²) in [6.45, 7) is 3.20. The number of amidine groups is 1. The number of carbonyl (C=O) groups excluding carboxylic acids is 2. The number of ether oxygens (including phenoxy) is 2. The van der Waals surface area contributed by atoms with Gasteiger partial charge in [-0.2, -0.15) is 0 Å². The molecule has 4 rings (SSSR count). The van der Waals surface area contributed by atoms with Crippen LogP contribution in [0.15, 0.2) is 77.8 Å². The average Bonchev–Trinajstić information content (AvgIpc) is 3.24. The van der Waals surface area contributed by atoms with E-state index in [9.17, 15) is 9.59 Å². The fourth-order valence-electron chi connectivity index (χ4n) is 4.14. The lowest BCUT2D eigenvalue weighted by Gasteiger charge is -2.17. The number of carbonyl (C=O) groups is 2. The number of nitrogens with one attached hydrogen (secondary N) is 1. The molecule has 40 heavy (non-hydrogen) atoms. The van der Waals surface area contributed by atoms with Gasteiger partial charge in [0.2, 0.25) is 11.8 Å². The lowest BCUT2D eigenvalue weighted by Crippen LogP contribution is -2.33. The Morgan fingerprint density at radius 1 is 0.975 bits per heavy atom. The first kappa shape index (κ1) is 29.5. The summed E-state index contributed by atoms with van der Waals surface area (Å²) in [7, 11) is 1.61. The Bertz CT molecular complexity index is 1300. The number of rotatable bonds is 13. The molecule has 9 heteroatoms. The van der Waals surface area contributed by atoms with Crippen molar-refractivity contribution in [3.05, 3.63) is 83.4 Å². The van der Waals surface area contributed by atoms with Gasteiger partial charge in [0.05, 0.1) is 25.9 Å². The molecule has 0 aliphatic carbocycles. The molecule has 1 heterocycles. The average molecular weight is 580 g/mol. The van der Waals surface area contributed by atoms with Crippen LogP contribution in [0, 0.1) is 0 Å². The van der Waals surface area contributed by atoms with Gasteiger partial charge < -0.3 is 14.8 Å². The van der Waals surface area contributed by atoms with Crippen LogP contribution in [0.3, 0.4) is 0 Å². The predicted octanol–water partition coefficient (Wildman–Crippen LogP) is 7.47. The van der Waals surface area contributed by atoms with Crippen molar-refractivity contribution in [1.29, 1.82) is 0 Å². The molecule has 1 fully saturated rings. The smallest absolute Gasteiger partial charge is 0.242 e. The number of unbranched alkanes of at least 4 members (excludes halogenated alkanes) is 3. The van der Waals surface area contributed by atoms with Gasteiger partial charge in [0.25, 0.3) is 0 Å². The number of hydrogen-bond acceptors (Lipinski definition) is 6. The minimum absolute atomic E-state index is 0.0257. The number of benzene rings is 3. The Hall–Kier alpha value is -3.49. The molecule has 1 aliphatic rings. The Kier molecular flexibility index (Phi) is 10.9. The minimum Gasteiger partial charge on any atom is -0.497 e. The van der Waals surface area contributed by atoms with Crippen molar-refractivity contribution in [2.45, 2.75) is 50.8 Å². The molecule has 1 saturated heterocycles. The van der Waals surface area contributed by atoms with Gasteiger partial charge in [-0.3, -0.25) is 14.5 Å². The second-order valence-electron chi connectivity index (χ2n) is 9.44. The van der Waals surface area contributed by atoms with Crippen molar-refractivity contribution in [2.75, 3.05) is 19.0 Å². The molecule has 1 atom stereocenters. The summed E-state index contributed by atoms with van der Waals surface area (Å²) in [5.41, 5.74) is 2.26. The van der Waals surface area contributed by atoms with Crippen molar-refractivity contribution in [3.8, 4) is 11.5 Å². The summed E-state index contributed by atoms with van der Waals surface area (Å²) >= 11 is 7.32. The van der Waals surface area contributed by atoms with E-state index in [4.69, 9.17) is 26.1 Å². The van der Waals surface area contributed by atoms with Gasteiger partial charge in [-0.15, -0.1) is 0 Å². The minimum atomic E-state index is -0.588. The number of anilines is 1. The molecular formula is C31H34ClN3O4S. The molecule has 2 amide bonds. The van der Waals surface area contributed by atoms with E-state index in [1.165, 1.54) is 24.6 Å². The standard InChI is InChI=1S/C31H34ClN3O4S/c1-3-4-5-6-19-39-27-17-13-24(14-18-27)33-29(36)20-28-30(37)35(21-22-7-15-26(38-2)16-8-22)31(40-28)34-25-11-9-23(32)10-12-25/h7-18,28H,3-6,19-21H2,1-2H3,(H,33,36). The van der Waals surface area contributed by atoms with Crippen LogP contribution in [0.5, 0.6) is 11.5 Å². The molecule has 3 aromatic rings. The van der Waals surface area contributed by atoms with Crippen molar-refractivity contribution in [1.82, 2.24) is 4.90 Å². The van der Waals surface area contributed by atoms with Crippen LogP contribution in [0.25, 0.3) is 0 Å². The summed E-state index contributed by atoms with van der Waals surface area (Å²) in [5, 5.41) is 3.46. The van der Waals surface area contributed by atoms with E-state index in [-0.39, 0.29) is 18.2 Å². The molecular weight excluding hydrogens is 546 g/mol. The Labute approximate surface area is 244 Å². The molecule has 1 aliphatic heterocycles. The van der Waals surface area contributed by atoms with Gasteiger partial charge in [-0.1, -0.05) is 61.7 Å². The third-order valence-electron chi connectivity index (χ3n) is 6.35. The van der Waals surface area contributed by atoms with Crippen LogP contribution in [0.1, 0.15) is 44.6 Å². The maximum atomic E-state index is 13.5. The molecule has 0 saturated carbocycles. The van der Waals surface area contributed by atoms with E-state index >= 15 is 0 Å². The van der Waals surface area contributed by atoms with E-state index in [1.54, 1.807) is 36.3 Å². The molecule has 0 aromatic heterocycles. The fraction of sp³-hybridized carbons (Fsp3) is 0.323. The van der Waals surface area contributed by atoms with Crippen molar-refractivity contribution < 1.29 is 19.1 Å². The molecule has 0 bridgehead atoms. The summed E-state index contributed by atoms with van der Waals surface area (Å²) < 4.78 is 11.0. The monoisotopic (exact) mass is 579 g/mol. The number of aliphatic imine (C=N–C) groups is 1. The molecule has 3 aromatic carbocycles. The Morgan fingerprint density at radius 3 is 2.35 bits per heavy atom. The quantitative estimate of drug-likeness (QED) is 0.212. The number of halogens is 1. The lowest BCUT2D eigenvalue weighted by atomic mass is 10.2. The first-order valence-electron chi connectivity index (χ1n) is 13.4. The van der Waals surface area contributed by atoms with Crippen LogP contribution in [0.4, 0.5) is 11.4 Å². The highest BCUT2D eigenvalue weighted by Crippen LogP contribution is 2.33. The highest BCUT2D eigenvalue weighted by molar-refractivity contribution is 8.15. The maximum Gasteiger partial charge on any atom is 0.242 e. The predicted molar refractivity (Wildman–Crippen MR) is 163 cm³/mol. The lowest BCUT2D eigenvalue weighted by molar-refractivity contribution is -0.128. The second kappa shape index (κ2) is 14.8. The van der Waals surface area contributed by atoms with E-state index in [0.717, 1.165) is 29.9 Å². The van der Waals surface area contributed by atoms with Gasteiger partial charge in [0.15, 0.2) is 5.17 Å². The van der Waals surface area contributed by atoms with Crippen molar-refractivity contribution in [2.24, 2.45) is 4.99 Å². The van der Waals surface area contributed by atoms with Gasteiger partial charge in [-0.25, -0.2) is 4.99 Å². The Balaban J connectivity index is 1.40. The van der Waals surface area contributed by atoms with E-state index < -0.39 is 5.25 Å².